The highest BCUT2D eigenvalue weighted by molar-refractivity contribution is 5.84. The van der Waals surface area contributed by atoms with E-state index in [0.29, 0.717) is 6.42 Å². The van der Waals surface area contributed by atoms with Crippen molar-refractivity contribution in [3.8, 4) is 0 Å². The Morgan fingerprint density at radius 3 is 2.85 bits per heavy atom. The predicted molar refractivity (Wildman–Crippen MR) is 47.3 cm³/mol. The Labute approximate surface area is 77.6 Å². The predicted octanol–water partition coefficient (Wildman–Crippen LogP) is 0.261. The third kappa shape index (κ3) is 4.03. The molecular formula is C9H15NO3. The molecule has 1 rings (SSSR count). The summed E-state index contributed by atoms with van der Waals surface area (Å²) in [6, 6.07) is 0. The van der Waals surface area contributed by atoms with Crippen LogP contribution in [0.4, 0.5) is 0 Å². The molecule has 0 aromatic rings. The molecule has 1 aliphatic heterocycles. The summed E-state index contributed by atoms with van der Waals surface area (Å²) in [6.07, 6.45) is 2.43. The molecule has 1 atom stereocenters. The number of carbonyl (C=O) groups excluding carboxylic acids is 2. The monoisotopic (exact) mass is 185 g/mol. The lowest BCUT2D eigenvalue weighted by Crippen LogP contribution is -2.30. The van der Waals surface area contributed by atoms with E-state index in [2.05, 4.69) is 5.32 Å². The standard InChI is InChI=1S/C9H15NO3/c1-7(11)6-10-9(12)5-8-3-2-4-13-8/h8H,2-6H2,1H3,(H,10,12). The van der Waals surface area contributed by atoms with Crippen molar-refractivity contribution in [1.29, 1.82) is 0 Å². The summed E-state index contributed by atoms with van der Waals surface area (Å²) >= 11 is 0. The molecule has 1 unspecified atom stereocenters. The number of Topliss-reactive ketones (excluding diaryl/α,β-unsaturated/α-hetero) is 1. The van der Waals surface area contributed by atoms with E-state index in [9.17, 15) is 9.59 Å². The normalized spacial score (nSPS) is 21.5. The zero-order valence-corrected chi connectivity index (χ0v) is 7.84. The lowest BCUT2D eigenvalue weighted by atomic mass is 10.2. The highest BCUT2D eigenvalue weighted by Crippen LogP contribution is 2.14. The molecule has 1 N–H and O–H groups in total. The minimum Gasteiger partial charge on any atom is -0.378 e. The summed E-state index contributed by atoms with van der Waals surface area (Å²) in [5.74, 6) is -0.122. The van der Waals surface area contributed by atoms with Crippen molar-refractivity contribution in [2.75, 3.05) is 13.2 Å². The van der Waals surface area contributed by atoms with Gasteiger partial charge < -0.3 is 10.1 Å². The molecule has 0 saturated carbocycles. The second-order valence-corrected chi connectivity index (χ2v) is 3.32. The number of nitrogens with one attached hydrogen (secondary N) is 1. The largest absolute Gasteiger partial charge is 0.378 e. The van der Waals surface area contributed by atoms with Crippen LogP contribution in [0.1, 0.15) is 26.2 Å². The van der Waals surface area contributed by atoms with Crippen molar-refractivity contribution in [2.24, 2.45) is 0 Å². The van der Waals surface area contributed by atoms with Gasteiger partial charge in [-0.05, 0) is 19.8 Å². The minimum absolute atomic E-state index is 0.0271. The first kappa shape index (κ1) is 10.2. The number of hydrogen-bond donors (Lipinski definition) is 1. The van der Waals surface area contributed by atoms with Crippen LogP contribution in [0, 0.1) is 0 Å². The Hall–Kier alpha value is -0.900. The van der Waals surface area contributed by atoms with Crippen LogP contribution < -0.4 is 5.32 Å². The molecule has 1 heterocycles. The molecule has 1 amide bonds. The van der Waals surface area contributed by atoms with Gasteiger partial charge in [0.05, 0.1) is 19.1 Å². The van der Waals surface area contributed by atoms with Crippen molar-refractivity contribution in [2.45, 2.75) is 32.3 Å². The first-order valence-corrected chi connectivity index (χ1v) is 4.56. The highest BCUT2D eigenvalue weighted by Gasteiger charge is 2.18. The number of rotatable bonds is 4. The van der Waals surface area contributed by atoms with Gasteiger partial charge in [-0.1, -0.05) is 0 Å². The number of ether oxygens (including phenoxy) is 1. The van der Waals surface area contributed by atoms with E-state index in [4.69, 9.17) is 4.74 Å². The molecule has 4 nitrogen and oxygen atoms in total. The Morgan fingerprint density at radius 2 is 2.31 bits per heavy atom. The lowest BCUT2D eigenvalue weighted by Gasteiger charge is -2.08. The molecule has 0 aromatic heterocycles. The maximum Gasteiger partial charge on any atom is 0.222 e. The molecule has 4 heteroatoms. The molecular weight excluding hydrogens is 170 g/mol. The smallest absolute Gasteiger partial charge is 0.222 e. The average Bonchev–Trinajstić information content (AvgIpc) is 2.53. The van der Waals surface area contributed by atoms with Crippen molar-refractivity contribution >= 4 is 11.7 Å². The molecule has 0 aromatic carbocycles. The Morgan fingerprint density at radius 1 is 1.54 bits per heavy atom. The molecule has 1 saturated heterocycles. The van der Waals surface area contributed by atoms with E-state index in [1.165, 1.54) is 6.92 Å². The Kier molecular flexibility index (Phi) is 3.89. The number of hydrogen-bond acceptors (Lipinski definition) is 3. The maximum atomic E-state index is 11.2. The van der Waals surface area contributed by atoms with E-state index in [-0.39, 0.29) is 24.3 Å². The molecule has 74 valence electrons. The molecule has 0 radical (unpaired) electrons. The van der Waals surface area contributed by atoms with Gasteiger partial charge in [0.1, 0.15) is 5.78 Å². The van der Waals surface area contributed by atoms with Crippen molar-refractivity contribution in [3.05, 3.63) is 0 Å². The third-order valence-corrected chi connectivity index (χ3v) is 1.97. The van der Waals surface area contributed by atoms with Crippen LogP contribution >= 0.6 is 0 Å². The van der Waals surface area contributed by atoms with Gasteiger partial charge in [0.2, 0.25) is 5.91 Å². The minimum atomic E-state index is -0.0953. The molecule has 1 aliphatic rings. The number of amides is 1. The van der Waals surface area contributed by atoms with Gasteiger partial charge in [-0.15, -0.1) is 0 Å². The topological polar surface area (TPSA) is 55.4 Å². The Bertz CT molecular complexity index is 197. The maximum absolute atomic E-state index is 11.2. The third-order valence-electron chi connectivity index (χ3n) is 1.97. The van der Waals surface area contributed by atoms with Crippen molar-refractivity contribution in [3.63, 3.8) is 0 Å². The van der Waals surface area contributed by atoms with Gasteiger partial charge in [0.25, 0.3) is 0 Å². The molecule has 1 fully saturated rings. The van der Waals surface area contributed by atoms with E-state index < -0.39 is 0 Å². The summed E-state index contributed by atoms with van der Waals surface area (Å²) in [6.45, 7) is 2.34. The summed E-state index contributed by atoms with van der Waals surface area (Å²) in [5, 5.41) is 2.54. The van der Waals surface area contributed by atoms with Gasteiger partial charge in [-0.2, -0.15) is 0 Å². The second-order valence-electron chi connectivity index (χ2n) is 3.32. The summed E-state index contributed by atoms with van der Waals surface area (Å²) in [4.78, 5) is 21.7. The van der Waals surface area contributed by atoms with Crippen LogP contribution in [-0.2, 0) is 14.3 Å². The quantitative estimate of drug-likeness (QED) is 0.683. The van der Waals surface area contributed by atoms with E-state index in [1.54, 1.807) is 0 Å². The molecule has 0 bridgehead atoms. The fraction of sp³-hybridized carbons (Fsp3) is 0.778. The fourth-order valence-corrected chi connectivity index (χ4v) is 1.31. The van der Waals surface area contributed by atoms with E-state index >= 15 is 0 Å². The van der Waals surface area contributed by atoms with Crippen LogP contribution in [0.2, 0.25) is 0 Å². The van der Waals surface area contributed by atoms with Crippen LogP contribution in [0.5, 0.6) is 0 Å². The number of carbonyl (C=O) groups is 2. The lowest BCUT2D eigenvalue weighted by molar-refractivity contribution is -0.126. The van der Waals surface area contributed by atoms with Gasteiger partial charge in [-0.3, -0.25) is 9.59 Å². The second kappa shape index (κ2) is 4.97. The zero-order valence-electron chi connectivity index (χ0n) is 7.84. The van der Waals surface area contributed by atoms with Crippen molar-refractivity contribution in [1.82, 2.24) is 5.32 Å². The highest BCUT2D eigenvalue weighted by atomic mass is 16.5. The first-order valence-electron chi connectivity index (χ1n) is 4.56. The molecule has 0 aliphatic carbocycles. The summed E-state index contributed by atoms with van der Waals surface area (Å²) in [7, 11) is 0. The molecule has 13 heavy (non-hydrogen) atoms. The van der Waals surface area contributed by atoms with Gasteiger partial charge in [-0.25, -0.2) is 0 Å². The van der Waals surface area contributed by atoms with Gasteiger partial charge in [0, 0.05) is 6.61 Å². The zero-order chi connectivity index (χ0) is 9.68. The average molecular weight is 185 g/mol. The SMILES string of the molecule is CC(=O)CNC(=O)CC1CCCO1. The van der Waals surface area contributed by atoms with Gasteiger partial charge >= 0.3 is 0 Å². The van der Waals surface area contributed by atoms with Crippen LogP contribution in [-0.4, -0.2) is 30.9 Å². The summed E-state index contributed by atoms with van der Waals surface area (Å²) in [5.41, 5.74) is 0. The van der Waals surface area contributed by atoms with Gasteiger partial charge in [0.15, 0.2) is 0 Å². The number of ketones is 1. The van der Waals surface area contributed by atoms with Crippen LogP contribution in [0.3, 0.4) is 0 Å². The first-order chi connectivity index (χ1) is 6.18. The van der Waals surface area contributed by atoms with Crippen LogP contribution in [0.15, 0.2) is 0 Å². The van der Waals surface area contributed by atoms with E-state index in [1.807, 2.05) is 0 Å². The van der Waals surface area contributed by atoms with E-state index in [0.717, 1.165) is 19.4 Å². The Balaban J connectivity index is 2.13. The fourth-order valence-electron chi connectivity index (χ4n) is 1.31. The summed E-state index contributed by atoms with van der Waals surface area (Å²) < 4.78 is 5.28. The van der Waals surface area contributed by atoms with Crippen LogP contribution in [0.25, 0.3) is 0 Å². The molecule has 0 spiro atoms. The van der Waals surface area contributed by atoms with Crippen molar-refractivity contribution < 1.29 is 14.3 Å².